The average molecular weight is 360 g/mol. The Balaban J connectivity index is 1.64. The van der Waals surface area contributed by atoms with E-state index in [2.05, 4.69) is 45.5 Å². The maximum Gasteiger partial charge on any atom is 0.122 e. The zero-order valence-corrected chi connectivity index (χ0v) is 14.3. The van der Waals surface area contributed by atoms with Crippen molar-refractivity contribution in [3.63, 3.8) is 0 Å². The summed E-state index contributed by atoms with van der Waals surface area (Å²) in [7, 11) is 0. The van der Waals surface area contributed by atoms with E-state index < -0.39 is 0 Å². The van der Waals surface area contributed by atoms with Crippen LogP contribution in [0.5, 0.6) is 5.75 Å². The molecule has 1 saturated carbocycles. The third kappa shape index (κ3) is 4.51. The van der Waals surface area contributed by atoms with Gasteiger partial charge in [0.2, 0.25) is 0 Å². The summed E-state index contributed by atoms with van der Waals surface area (Å²) >= 11 is 3.58. The van der Waals surface area contributed by atoms with E-state index in [1.165, 1.54) is 37.7 Å². The molecule has 2 aromatic rings. The van der Waals surface area contributed by atoms with Crippen LogP contribution in [0.25, 0.3) is 0 Å². The van der Waals surface area contributed by atoms with E-state index in [9.17, 15) is 0 Å². The van der Waals surface area contributed by atoms with Gasteiger partial charge in [0.15, 0.2) is 0 Å². The van der Waals surface area contributed by atoms with Crippen molar-refractivity contribution in [2.24, 2.45) is 0 Å². The number of ether oxygens (including phenoxy) is 1. The highest BCUT2D eigenvalue weighted by Crippen LogP contribution is 2.28. The molecular weight excluding hydrogens is 338 g/mol. The Bertz CT molecular complexity index is 594. The molecule has 0 bridgehead atoms. The van der Waals surface area contributed by atoms with Gasteiger partial charge in [-0.15, -0.1) is 0 Å². The van der Waals surface area contributed by atoms with Crippen LogP contribution in [0.15, 0.2) is 53.0 Å². The predicted molar refractivity (Wildman–Crippen MR) is 95.4 cm³/mol. The summed E-state index contributed by atoms with van der Waals surface area (Å²) in [4.78, 5) is 0. The quantitative estimate of drug-likeness (QED) is 0.731. The highest BCUT2D eigenvalue weighted by atomic mass is 79.9. The van der Waals surface area contributed by atoms with Gasteiger partial charge >= 0.3 is 0 Å². The summed E-state index contributed by atoms with van der Waals surface area (Å²) in [6, 6.07) is 17.1. The Labute approximate surface area is 141 Å². The number of rotatable bonds is 5. The molecule has 22 heavy (non-hydrogen) atoms. The number of hydrogen-bond acceptors (Lipinski definition) is 2. The van der Waals surface area contributed by atoms with E-state index in [0.717, 1.165) is 15.9 Å². The second-order valence-electron chi connectivity index (χ2n) is 5.93. The lowest BCUT2D eigenvalue weighted by Crippen LogP contribution is -2.22. The first-order valence-corrected chi connectivity index (χ1v) is 8.83. The highest BCUT2D eigenvalue weighted by molar-refractivity contribution is 9.10. The van der Waals surface area contributed by atoms with Gasteiger partial charge in [-0.25, -0.2) is 0 Å². The van der Waals surface area contributed by atoms with Crippen LogP contribution in [0.1, 0.15) is 37.7 Å². The van der Waals surface area contributed by atoms with Gasteiger partial charge < -0.3 is 10.1 Å². The van der Waals surface area contributed by atoms with Gasteiger partial charge in [-0.05, 0) is 30.5 Å². The van der Waals surface area contributed by atoms with Gasteiger partial charge in [0, 0.05) is 22.3 Å². The average Bonchev–Trinajstić information content (AvgIpc) is 2.54. The Kier molecular flexibility index (Phi) is 5.38. The molecule has 0 spiro atoms. The van der Waals surface area contributed by atoms with Crippen LogP contribution in [-0.4, -0.2) is 6.04 Å². The molecule has 1 aliphatic rings. The number of anilines is 1. The van der Waals surface area contributed by atoms with E-state index in [1.54, 1.807) is 0 Å². The first-order valence-electron chi connectivity index (χ1n) is 8.03. The van der Waals surface area contributed by atoms with Gasteiger partial charge in [-0.2, -0.15) is 0 Å². The second kappa shape index (κ2) is 7.68. The smallest absolute Gasteiger partial charge is 0.122 e. The van der Waals surface area contributed by atoms with Crippen molar-refractivity contribution in [1.29, 1.82) is 0 Å². The lowest BCUT2D eigenvalue weighted by atomic mass is 9.95. The molecule has 2 aromatic carbocycles. The molecule has 3 rings (SSSR count). The molecular formula is C19H22BrNO. The van der Waals surface area contributed by atoms with E-state index in [4.69, 9.17) is 4.74 Å². The molecule has 0 aromatic heterocycles. The van der Waals surface area contributed by atoms with Gasteiger partial charge in [-0.1, -0.05) is 65.5 Å². The minimum Gasteiger partial charge on any atom is -0.489 e. The minimum atomic E-state index is 0.597. The number of nitrogens with one attached hydrogen (secondary N) is 1. The van der Waals surface area contributed by atoms with Crippen molar-refractivity contribution < 1.29 is 4.74 Å². The van der Waals surface area contributed by atoms with E-state index in [0.29, 0.717) is 12.6 Å². The van der Waals surface area contributed by atoms with Crippen LogP contribution in [0, 0.1) is 0 Å². The summed E-state index contributed by atoms with van der Waals surface area (Å²) in [5.74, 6) is 0.900. The molecule has 0 unspecified atom stereocenters. The summed E-state index contributed by atoms with van der Waals surface area (Å²) in [6.45, 7) is 0.597. The Hall–Kier alpha value is -1.48. The predicted octanol–water partition coefficient (Wildman–Crippen LogP) is 5.77. The van der Waals surface area contributed by atoms with Crippen LogP contribution in [0.4, 0.5) is 5.69 Å². The molecule has 3 heteroatoms. The van der Waals surface area contributed by atoms with Crippen LogP contribution < -0.4 is 10.1 Å². The molecule has 0 aliphatic heterocycles. The fourth-order valence-corrected chi connectivity index (χ4v) is 3.43. The maximum absolute atomic E-state index is 5.93. The normalized spacial score (nSPS) is 15.5. The van der Waals surface area contributed by atoms with Crippen molar-refractivity contribution in [2.45, 2.75) is 44.8 Å². The topological polar surface area (TPSA) is 21.3 Å². The van der Waals surface area contributed by atoms with E-state index in [1.807, 2.05) is 24.3 Å². The molecule has 0 radical (unpaired) electrons. The van der Waals surface area contributed by atoms with Gasteiger partial charge in [-0.3, -0.25) is 0 Å². The van der Waals surface area contributed by atoms with Crippen LogP contribution >= 0.6 is 15.9 Å². The highest BCUT2D eigenvalue weighted by Gasteiger charge is 2.13. The van der Waals surface area contributed by atoms with Gasteiger partial charge in [0.25, 0.3) is 0 Å². The molecule has 1 aliphatic carbocycles. The third-order valence-corrected chi connectivity index (χ3v) is 4.55. The molecule has 1 fully saturated rings. The lowest BCUT2D eigenvalue weighted by molar-refractivity contribution is 0.306. The number of benzene rings is 2. The van der Waals surface area contributed by atoms with Crippen LogP contribution in [0.3, 0.4) is 0 Å². The van der Waals surface area contributed by atoms with Crippen LogP contribution in [0.2, 0.25) is 0 Å². The molecule has 1 N–H and O–H groups in total. The van der Waals surface area contributed by atoms with Crippen molar-refractivity contribution in [1.82, 2.24) is 0 Å². The second-order valence-corrected chi connectivity index (χ2v) is 6.84. The molecule has 116 valence electrons. The first kappa shape index (κ1) is 15.4. The summed E-state index contributed by atoms with van der Waals surface area (Å²) in [5, 5.41) is 3.65. The summed E-state index contributed by atoms with van der Waals surface area (Å²) in [5.41, 5.74) is 2.33. The zero-order chi connectivity index (χ0) is 15.2. The van der Waals surface area contributed by atoms with Crippen molar-refractivity contribution >= 4 is 21.6 Å². The molecule has 0 amide bonds. The summed E-state index contributed by atoms with van der Waals surface area (Å²) < 4.78 is 6.98. The monoisotopic (exact) mass is 359 g/mol. The van der Waals surface area contributed by atoms with E-state index >= 15 is 0 Å². The van der Waals surface area contributed by atoms with E-state index in [-0.39, 0.29) is 0 Å². The molecule has 0 heterocycles. The third-order valence-electron chi connectivity index (χ3n) is 4.10. The van der Waals surface area contributed by atoms with Gasteiger partial charge in [0.05, 0.1) is 0 Å². The SMILES string of the molecule is Brc1cc(NC2CCCCC2)cc(OCc2ccccc2)c1. The molecule has 0 atom stereocenters. The van der Waals surface area contributed by atoms with Crippen molar-refractivity contribution in [3.8, 4) is 5.75 Å². The molecule has 0 saturated heterocycles. The van der Waals surface area contributed by atoms with Crippen molar-refractivity contribution in [2.75, 3.05) is 5.32 Å². The Morgan fingerprint density at radius 2 is 1.77 bits per heavy atom. The lowest BCUT2D eigenvalue weighted by Gasteiger charge is -2.24. The van der Waals surface area contributed by atoms with Crippen molar-refractivity contribution in [3.05, 3.63) is 58.6 Å². The van der Waals surface area contributed by atoms with Gasteiger partial charge in [0.1, 0.15) is 12.4 Å². The Morgan fingerprint density at radius 1 is 1.00 bits per heavy atom. The van der Waals surface area contributed by atoms with Crippen LogP contribution in [-0.2, 0) is 6.61 Å². The number of halogens is 1. The standard InChI is InChI=1S/C19H22BrNO/c20-16-11-18(21-17-9-5-2-6-10-17)13-19(12-16)22-14-15-7-3-1-4-8-15/h1,3-4,7-8,11-13,17,21H,2,5-6,9-10,14H2. The number of hydrogen-bond donors (Lipinski definition) is 1. The maximum atomic E-state index is 5.93. The Morgan fingerprint density at radius 3 is 2.55 bits per heavy atom. The fourth-order valence-electron chi connectivity index (χ4n) is 2.95. The minimum absolute atomic E-state index is 0.597. The molecule has 2 nitrogen and oxygen atoms in total. The first-order chi connectivity index (χ1) is 10.8. The summed E-state index contributed by atoms with van der Waals surface area (Å²) in [6.07, 6.45) is 6.59. The largest absolute Gasteiger partial charge is 0.489 e. The fraction of sp³-hybridized carbons (Fsp3) is 0.368. The zero-order valence-electron chi connectivity index (χ0n) is 12.7.